The number of hydrogen-bond donors (Lipinski definition) is 2. The normalized spacial score (nSPS) is 16.7. The molecule has 1 aliphatic heterocycles. The van der Waals surface area contributed by atoms with Crippen LogP contribution in [0.15, 0.2) is 6.20 Å². The van der Waals surface area contributed by atoms with Gasteiger partial charge in [0.15, 0.2) is 0 Å². The number of nitrogens with zero attached hydrogens (tertiary/aromatic N) is 1. The van der Waals surface area contributed by atoms with Gasteiger partial charge in [-0.25, -0.2) is 0 Å². The molecule has 70 valence electrons. The molecule has 0 aliphatic carbocycles. The van der Waals surface area contributed by atoms with Crippen LogP contribution < -0.4 is 5.32 Å². The van der Waals surface area contributed by atoms with E-state index in [0.29, 0.717) is 18.9 Å². The standard InChI is InChI=1S/C8H11N3O2/c1-5-2-9-11-7(5)8(12)10-6-3-13-4-6/h2,6H,3-4H2,1H3,(H,9,11)(H,10,12). The predicted octanol–water partition coefficient (Wildman–Crippen LogP) is -0.153. The van der Waals surface area contributed by atoms with Gasteiger partial charge in [0.25, 0.3) is 5.91 Å². The topological polar surface area (TPSA) is 67.0 Å². The molecule has 2 rings (SSSR count). The summed E-state index contributed by atoms with van der Waals surface area (Å²) in [6.45, 7) is 3.06. The molecule has 2 N–H and O–H groups in total. The van der Waals surface area contributed by atoms with Gasteiger partial charge >= 0.3 is 0 Å². The SMILES string of the molecule is Cc1cn[nH]c1C(=O)NC1COC1. The van der Waals surface area contributed by atoms with Crippen molar-refractivity contribution in [3.05, 3.63) is 17.5 Å². The van der Waals surface area contributed by atoms with E-state index in [-0.39, 0.29) is 11.9 Å². The lowest BCUT2D eigenvalue weighted by atomic mass is 10.2. The first-order valence-corrected chi connectivity index (χ1v) is 4.16. The van der Waals surface area contributed by atoms with Crippen LogP contribution in [0.4, 0.5) is 0 Å². The summed E-state index contributed by atoms with van der Waals surface area (Å²) in [7, 11) is 0. The number of H-pyrrole nitrogens is 1. The molecule has 0 unspecified atom stereocenters. The Hall–Kier alpha value is -1.36. The molecule has 0 aromatic carbocycles. The number of ether oxygens (including phenoxy) is 1. The fraction of sp³-hybridized carbons (Fsp3) is 0.500. The molecule has 0 bridgehead atoms. The second-order valence-electron chi connectivity index (χ2n) is 3.14. The number of carbonyl (C=O) groups excluding carboxylic acids is 1. The van der Waals surface area contributed by atoms with Crippen LogP contribution >= 0.6 is 0 Å². The van der Waals surface area contributed by atoms with E-state index < -0.39 is 0 Å². The fourth-order valence-corrected chi connectivity index (χ4v) is 1.15. The maximum atomic E-state index is 11.5. The zero-order valence-corrected chi connectivity index (χ0v) is 7.33. The van der Waals surface area contributed by atoms with Gasteiger partial charge < -0.3 is 10.1 Å². The molecule has 0 saturated carbocycles. The highest BCUT2D eigenvalue weighted by Crippen LogP contribution is 2.05. The van der Waals surface area contributed by atoms with E-state index in [1.54, 1.807) is 6.20 Å². The summed E-state index contributed by atoms with van der Waals surface area (Å²) < 4.78 is 4.94. The number of hydrogen-bond acceptors (Lipinski definition) is 3. The van der Waals surface area contributed by atoms with Crippen molar-refractivity contribution in [1.29, 1.82) is 0 Å². The third-order valence-electron chi connectivity index (χ3n) is 2.03. The summed E-state index contributed by atoms with van der Waals surface area (Å²) in [6, 6.07) is 0.162. The monoisotopic (exact) mass is 181 g/mol. The molecule has 0 spiro atoms. The van der Waals surface area contributed by atoms with Gasteiger partial charge in [-0.3, -0.25) is 9.89 Å². The number of aromatic nitrogens is 2. The maximum absolute atomic E-state index is 11.5. The van der Waals surface area contributed by atoms with E-state index in [1.165, 1.54) is 0 Å². The van der Waals surface area contributed by atoms with Gasteiger partial charge in [-0.2, -0.15) is 5.10 Å². The van der Waals surface area contributed by atoms with Crippen molar-refractivity contribution in [2.24, 2.45) is 0 Å². The van der Waals surface area contributed by atoms with E-state index >= 15 is 0 Å². The van der Waals surface area contributed by atoms with Crippen LogP contribution in [-0.2, 0) is 4.74 Å². The van der Waals surface area contributed by atoms with Crippen LogP contribution in [0.2, 0.25) is 0 Å². The molecule has 1 aliphatic rings. The Morgan fingerprint density at radius 1 is 1.77 bits per heavy atom. The third kappa shape index (κ3) is 1.55. The van der Waals surface area contributed by atoms with Gasteiger partial charge in [0.2, 0.25) is 0 Å². The number of aryl methyl sites for hydroxylation is 1. The first-order valence-electron chi connectivity index (χ1n) is 4.16. The van der Waals surface area contributed by atoms with Crippen molar-refractivity contribution in [3.63, 3.8) is 0 Å². The summed E-state index contributed by atoms with van der Waals surface area (Å²) >= 11 is 0. The van der Waals surface area contributed by atoms with Gasteiger partial charge in [0.1, 0.15) is 5.69 Å². The fourth-order valence-electron chi connectivity index (χ4n) is 1.15. The molecule has 1 aromatic rings. The van der Waals surface area contributed by atoms with Crippen molar-refractivity contribution in [3.8, 4) is 0 Å². The Labute approximate surface area is 75.5 Å². The molecular formula is C8H11N3O2. The maximum Gasteiger partial charge on any atom is 0.269 e. The van der Waals surface area contributed by atoms with Crippen LogP contribution in [0.5, 0.6) is 0 Å². The average molecular weight is 181 g/mol. The highest BCUT2D eigenvalue weighted by atomic mass is 16.5. The van der Waals surface area contributed by atoms with Crippen LogP contribution in [0, 0.1) is 6.92 Å². The smallest absolute Gasteiger partial charge is 0.269 e. The van der Waals surface area contributed by atoms with Crippen molar-refractivity contribution >= 4 is 5.91 Å². The quantitative estimate of drug-likeness (QED) is 0.666. The van der Waals surface area contributed by atoms with Gasteiger partial charge in [0.05, 0.1) is 25.5 Å². The lowest BCUT2D eigenvalue weighted by molar-refractivity contribution is -0.00356. The molecule has 0 atom stereocenters. The first-order chi connectivity index (χ1) is 6.27. The highest BCUT2D eigenvalue weighted by molar-refractivity contribution is 5.93. The van der Waals surface area contributed by atoms with Crippen molar-refractivity contribution in [2.45, 2.75) is 13.0 Å². The Kier molecular flexibility index (Phi) is 2.02. The minimum Gasteiger partial charge on any atom is -0.377 e. The Balaban J connectivity index is 2.00. The van der Waals surface area contributed by atoms with Crippen molar-refractivity contribution in [2.75, 3.05) is 13.2 Å². The van der Waals surface area contributed by atoms with E-state index in [1.807, 2.05) is 6.92 Å². The molecule has 5 nitrogen and oxygen atoms in total. The summed E-state index contributed by atoms with van der Waals surface area (Å²) in [5, 5.41) is 9.26. The van der Waals surface area contributed by atoms with Crippen LogP contribution in [0.1, 0.15) is 16.1 Å². The Morgan fingerprint density at radius 3 is 3.00 bits per heavy atom. The number of nitrogens with one attached hydrogen (secondary N) is 2. The van der Waals surface area contributed by atoms with Gasteiger partial charge in [-0.05, 0) is 12.5 Å². The molecule has 0 radical (unpaired) electrons. The summed E-state index contributed by atoms with van der Waals surface area (Å²) in [5.41, 5.74) is 1.39. The van der Waals surface area contributed by atoms with E-state index in [9.17, 15) is 4.79 Å². The molecule has 2 heterocycles. The zero-order valence-electron chi connectivity index (χ0n) is 7.33. The van der Waals surface area contributed by atoms with Crippen LogP contribution in [0.3, 0.4) is 0 Å². The molecular weight excluding hydrogens is 170 g/mol. The lowest BCUT2D eigenvalue weighted by Gasteiger charge is -2.26. The van der Waals surface area contributed by atoms with Crippen LogP contribution in [0.25, 0.3) is 0 Å². The third-order valence-corrected chi connectivity index (χ3v) is 2.03. The first kappa shape index (κ1) is 8.25. The van der Waals surface area contributed by atoms with Gasteiger partial charge in [-0.1, -0.05) is 0 Å². The van der Waals surface area contributed by atoms with E-state index in [0.717, 1.165) is 5.56 Å². The molecule has 1 aromatic heterocycles. The number of aromatic amines is 1. The average Bonchev–Trinajstić information content (AvgIpc) is 2.43. The Morgan fingerprint density at radius 2 is 2.54 bits per heavy atom. The summed E-state index contributed by atoms with van der Waals surface area (Å²) in [5.74, 6) is -0.108. The number of amides is 1. The molecule has 13 heavy (non-hydrogen) atoms. The number of carbonyl (C=O) groups is 1. The zero-order chi connectivity index (χ0) is 9.26. The minimum atomic E-state index is -0.108. The second kappa shape index (κ2) is 3.18. The van der Waals surface area contributed by atoms with Crippen molar-refractivity contribution in [1.82, 2.24) is 15.5 Å². The highest BCUT2D eigenvalue weighted by Gasteiger charge is 2.22. The van der Waals surface area contributed by atoms with E-state index in [4.69, 9.17) is 4.74 Å². The Bertz CT molecular complexity index is 317. The molecule has 5 heteroatoms. The van der Waals surface area contributed by atoms with Crippen LogP contribution in [-0.4, -0.2) is 35.4 Å². The minimum absolute atomic E-state index is 0.108. The summed E-state index contributed by atoms with van der Waals surface area (Å²) in [6.07, 6.45) is 1.63. The van der Waals surface area contributed by atoms with E-state index in [2.05, 4.69) is 15.5 Å². The summed E-state index contributed by atoms with van der Waals surface area (Å²) in [4.78, 5) is 11.5. The molecule has 1 saturated heterocycles. The molecule has 1 amide bonds. The lowest BCUT2D eigenvalue weighted by Crippen LogP contribution is -2.48. The number of rotatable bonds is 2. The van der Waals surface area contributed by atoms with Gasteiger partial charge in [0, 0.05) is 0 Å². The largest absolute Gasteiger partial charge is 0.377 e. The second-order valence-corrected chi connectivity index (χ2v) is 3.14. The molecule has 1 fully saturated rings. The van der Waals surface area contributed by atoms with Crippen molar-refractivity contribution < 1.29 is 9.53 Å². The predicted molar refractivity (Wildman–Crippen MR) is 45.4 cm³/mol. The van der Waals surface area contributed by atoms with Gasteiger partial charge in [-0.15, -0.1) is 0 Å².